The molecule has 1 N–H and O–H groups in total. The lowest BCUT2D eigenvalue weighted by Crippen LogP contribution is -2.22. The molecule has 2 heterocycles. The summed E-state index contributed by atoms with van der Waals surface area (Å²) in [4.78, 5) is 4.12. The van der Waals surface area contributed by atoms with Crippen LogP contribution in [-0.4, -0.2) is 30.8 Å². The van der Waals surface area contributed by atoms with Crippen molar-refractivity contribution in [2.45, 2.75) is 51.9 Å². The lowest BCUT2D eigenvalue weighted by Gasteiger charge is -2.15. The molecule has 0 aliphatic carbocycles. The highest BCUT2D eigenvalue weighted by Crippen LogP contribution is 2.39. The second-order valence-electron chi connectivity index (χ2n) is 7.48. The van der Waals surface area contributed by atoms with Crippen LogP contribution in [0.3, 0.4) is 0 Å². The van der Waals surface area contributed by atoms with Crippen molar-refractivity contribution in [3.63, 3.8) is 0 Å². The predicted molar refractivity (Wildman–Crippen MR) is 103 cm³/mol. The van der Waals surface area contributed by atoms with E-state index in [9.17, 15) is 13.2 Å². The van der Waals surface area contributed by atoms with Crippen LogP contribution in [0.5, 0.6) is 0 Å². The van der Waals surface area contributed by atoms with E-state index in [-0.39, 0.29) is 22.9 Å². The van der Waals surface area contributed by atoms with Crippen LogP contribution in [0, 0.1) is 0 Å². The summed E-state index contributed by atoms with van der Waals surface area (Å²) in [5.74, 6) is 0. The summed E-state index contributed by atoms with van der Waals surface area (Å²) in [6.45, 7) is 9.66. The summed E-state index contributed by atoms with van der Waals surface area (Å²) in [5, 5.41) is 3.19. The number of anilines is 1. The number of aromatic nitrogens is 2. The Morgan fingerprint density at radius 1 is 1.31 bits per heavy atom. The molecule has 0 radical (unpaired) electrons. The van der Waals surface area contributed by atoms with E-state index < -0.39 is 19.8 Å². The van der Waals surface area contributed by atoms with Gasteiger partial charge < -0.3 is 14.6 Å². The number of pyridine rings is 1. The summed E-state index contributed by atoms with van der Waals surface area (Å²) < 4.78 is 47.6. The Hall–Kier alpha value is -1.25. The Morgan fingerprint density at radius 2 is 2.00 bits per heavy atom. The Kier molecular flexibility index (Phi) is 6.63. The van der Waals surface area contributed by atoms with Gasteiger partial charge >= 0.3 is 6.18 Å². The maximum atomic E-state index is 13.5. The molecule has 2 aromatic heterocycles. The molecular formula is C17H25ClF3N3OSi. The van der Waals surface area contributed by atoms with E-state index in [2.05, 4.69) is 29.9 Å². The van der Waals surface area contributed by atoms with Crippen LogP contribution < -0.4 is 5.32 Å². The molecule has 4 nitrogen and oxygen atoms in total. The molecule has 0 fully saturated rings. The number of fused-ring (bicyclic) bond motifs is 1. The van der Waals surface area contributed by atoms with Crippen LogP contribution >= 0.6 is 11.6 Å². The van der Waals surface area contributed by atoms with Gasteiger partial charge in [-0.2, -0.15) is 13.2 Å². The van der Waals surface area contributed by atoms with E-state index in [1.807, 2.05) is 6.92 Å². The van der Waals surface area contributed by atoms with Gasteiger partial charge in [-0.15, -0.1) is 0 Å². The van der Waals surface area contributed by atoms with Gasteiger partial charge in [0.2, 0.25) is 0 Å². The third-order valence-corrected chi connectivity index (χ3v) is 5.79. The van der Waals surface area contributed by atoms with Crippen molar-refractivity contribution in [1.82, 2.24) is 9.55 Å². The second-order valence-corrected chi connectivity index (χ2v) is 13.5. The fraction of sp³-hybridized carbons (Fsp3) is 0.588. The highest BCUT2D eigenvalue weighted by atomic mass is 35.5. The molecule has 0 saturated heterocycles. The molecule has 0 bridgehead atoms. The fourth-order valence-corrected chi connectivity index (χ4v) is 3.46. The van der Waals surface area contributed by atoms with Crippen LogP contribution in [0.25, 0.3) is 11.0 Å². The van der Waals surface area contributed by atoms with Gasteiger partial charge in [-0.05, 0) is 18.5 Å². The molecule has 0 aliphatic rings. The Labute approximate surface area is 157 Å². The zero-order chi connectivity index (χ0) is 19.5. The first kappa shape index (κ1) is 21.1. The highest BCUT2D eigenvalue weighted by Gasteiger charge is 2.36. The van der Waals surface area contributed by atoms with Crippen molar-refractivity contribution in [2.24, 2.45) is 0 Å². The van der Waals surface area contributed by atoms with E-state index in [0.717, 1.165) is 18.7 Å². The van der Waals surface area contributed by atoms with Gasteiger partial charge in [-0.3, -0.25) is 0 Å². The maximum absolute atomic E-state index is 13.5. The van der Waals surface area contributed by atoms with Crippen molar-refractivity contribution in [3.8, 4) is 0 Å². The van der Waals surface area contributed by atoms with Gasteiger partial charge in [-0.1, -0.05) is 38.2 Å². The summed E-state index contributed by atoms with van der Waals surface area (Å²) in [7, 11) is -1.27. The first-order chi connectivity index (χ1) is 12.0. The minimum atomic E-state index is -4.49. The van der Waals surface area contributed by atoms with Crippen LogP contribution in [0.4, 0.5) is 18.9 Å². The molecule has 146 valence electrons. The summed E-state index contributed by atoms with van der Waals surface area (Å²) in [5.41, 5.74) is -0.212. The number of halogens is 4. The van der Waals surface area contributed by atoms with Crippen LogP contribution in [-0.2, 0) is 17.6 Å². The zero-order valence-electron chi connectivity index (χ0n) is 15.5. The van der Waals surface area contributed by atoms with Gasteiger partial charge in [0.05, 0.1) is 10.9 Å². The number of hydrogen-bond donors (Lipinski definition) is 1. The van der Waals surface area contributed by atoms with E-state index in [1.165, 1.54) is 10.6 Å². The van der Waals surface area contributed by atoms with Crippen molar-refractivity contribution in [3.05, 3.63) is 23.0 Å². The molecule has 0 unspecified atom stereocenters. The topological polar surface area (TPSA) is 39.1 Å². The number of hydrogen-bond acceptors (Lipinski definition) is 3. The Bertz CT molecular complexity index is 756. The molecular weight excluding hydrogens is 383 g/mol. The van der Waals surface area contributed by atoms with Crippen molar-refractivity contribution in [1.29, 1.82) is 0 Å². The van der Waals surface area contributed by atoms with Gasteiger partial charge in [-0.25, -0.2) is 4.98 Å². The van der Waals surface area contributed by atoms with E-state index in [1.54, 1.807) is 0 Å². The van der Waals surface area contributed by atoms with Crippen molar-refractivity contribution < 1.29 is 17.9 Å². The number of nitrogens with one attached hydrogen (secondary N) is 1. The van der Waals surface area contributed by atoms with Crippen LogP contribution in [0.15, 0.2) is 12.3 Å². The summed E-state index contributed by atoms with van der Waals surface area (Å²) >= 11 is 6.04. The van der Waals surface area contributed by atoms with Gasteiger partial charge in [0.1, 0.15) is 17.5 Å². The number of rotatable bonds is 8. The van der Waals surface area contributed by atoms with E-state index >= 15 is 0 Å². The third kappa shape index (κ3) is 5.37. The first-order valence-corrected chi connectivity index (χ1v) is 12.7. The quantitative estimate of drug-likeness (QED) is 0.339. The molecule has 0 amide bonds. The van der Waals surface area contributed by atoms with Crippen LogP contribution in [0.2, 0.25) is 30.8 Å². The number of alkyl halides is 3. The molecule has 0 atom stereocenters. The smallest absolute Gasteiger partial charge is 0.384 e. The van der Waals surface area contributed by atoms with E-state index in [0.29, 0.717) is 18.8 Å². The first-order valence-electron chi connectivity index (χ1n) is 8.61. The molecule has 2 aromatic rings. The van der Waals surface area contributed by atoms with Crippen molar-refractivity contribution in [2.75, 3.05) is 18.5 Å². The van der Waals surface area contributed by atoms with Crippen molar-refractivity contribution >= 4 is 36.4 Å². The SMILES string of the molecule is CCCNc1cc(Cl)nc2c1c(C(F)(F)F)cn2COCC[Si](C)(C)C. The standard InChI is InChI=1S/C17H25ClF3N3OSi/c1-5-6-22-13-9-14(18)23-16-15(13)12(17(19,20)21)10-24(16)11-25-7-8-26(2,3)4/h9-10H,5-8,11H2,1-4H3,(H,22,23). The largest absolute Gasteiger partial charge is 0.418 e. The molecule has 0 spiro atoms. The molecule has 9 heteroatoms. The average molecular weight is 408 g/mol. The molecule has 2 rings (SSSR count). The van der Waals surface area contributed by atoms with Gasteiger partial charge in [0, 0.05) is 33.1 Å². The fourth-order valence-electron chi connectivity index (χ4n) is 2.51. The third-order valence-electron chi connectivity index (χ3n) is 3.89. The minimum absolute atomic E-state index is 0.0115. The summed E-state index contributed by atoms with van der Waals surface area (Å²) in [6.07, 6.45) is -2.65. The normalized spacial score (nSPS) is 12.8. The Morgan fingerprint density at radius 3 is 2.58 bits per heavy atom. The molecule has 0 aromatic carbocycles. The van der Waals surface area contributed by atoms with Gasteiger partial charge in [0.15, 0.2) is 0 Å². The lowest BCUT2D eigenvalue weighted by atomic mass is 10.2. The van der Waals surface area contributed by atoms with Crippen LogP contribution in [0.1, 0.15) is 18.9 Å². The lowest BCUT2D eigenvalue weighted by molar-refractivity contribution is -0.136. The molecule has 0 saturated carbocycles. The minimum Gasteiger partial charge on any atom is -0.384 e. The number of ether oxygens (including phenoxy) is 1. The monoisotopic (exact) mass is 407 g/mol. The zero-order valence-corrected chi connectivity index (χ0v) is 17.3. The second kappa shape index (κ2) is 8.18. The van der Waals surface area contributed by atoms with E-state index in [4.69, 9.17) is 16.3 Å². The maximum Gasteiger partial charge on any atom is 0.418 e. The Balaban J connectivity index is 2.39. The molecule has 26 heavy (non-hydrogen) atoms. The highest BCUT2D eigenvalue weighted by molar-refractivity contribution is 6.76. The number of nitrogens with zero attached hydrogens (tertiary/aromatic N) is 2. The summed E-state index contributed by atoms with van der Waals surface area (Å²) in [6, 6.07) is 2.38. The molecule has 0 aliphatic heterocycles. The predicted octanol–water partition coefficient (Wildman–Crippen LogP) is 5.84. The average Bonchev–Trinajstić information content (AvgIpc) is 2.87. The van der Waals surface area contributed by atoms with Gasteiger partial charge in [0.25, 0.3) is 0 Å².